The Balaban J connectivity index is 2.11. The van der Waals surface area contributed by atoms with Gasteiger partial charge in [-0.2, -0.15) is 5.10 Å². The second-order valence-corrected chi connectivity index (χ2v) is 3.73. The third-order valence-corrected chi connectivity index (χ3v) is 2.15. The van der Waals surface area contributed by atoms with Crippen molar-refractivity contribution in [2.75, 3.05) is 0 Å². The number of hydrogen-bond acceptors (Lipinski definition) is 4. The first-order valence-corrected chi connectivity index (χ1v) is 5.25. The van der Waals surface area contributed by atoms with Crippen LogP contribution in [0.1, 0.15) is 6.92 Å². The zero-order chi connectivity index (χ0) is 10.7. The van der Waals surface area contributed by atoms with Crippen LogP contribution in [0.5, 0.6) is 11.8 Å². The molecule has 0 amide bonds. The van der Waals surface area contributed by atoms with Gasteiger partial charge < -0.3 is 4.74 Å². The monoisotopic (exact) mass is 268 g/mol. The summed E-state index contributed by atoms with van der Waals surface area (Å²) in [7, 11) is 0. The third-order valence-electron chi connectivity index (χ3n) is 1.74. The molecule has 2 rings (SSSR count). The molecule has 0 fully saturated rings. The minimum Gasteiger partial charge on any atom is -0.421 e. The van der Waals surface area contributed by atoms with Gasteiger partial charge in [-0.1, -0.05) is 0 Å². The average Bonchev–Trinajstić information content (AvgIpc) is 2.69. The second kappa shape index (κ2) is 4.39. The standard InChI is InChI=1S/C9H9BrN4O/c1-2-14-6-8(5-13-14)15-9-11-3-7(10)4-12-9/h3-6H,2H2,1H3. The van der Waals surface area contributed by atoms with E-state index in [1.165, 1.54) is 0 Å². The molecular formula is C9H9BrN4O. The summed E-state index contributed by atoms with van der Waals surface area (Å²) in [5.74, 6) is 0.638. The van der Waals surface area contributed by atoms with Gasteiger partial charge in [-0.25, -0.2) is 9.97 Å². The van der Waals surface area contributed by atoms with E-state index in [-0.39, 0.29) is 0 Å². The molecule has 0 radical (unpaired) electrons. The number of hydrogen-bond donors (Lipinski definition) is 0. The Kier molecular flexibility index (Phi) is 2.96. The van der Waals surface area contributed by atoms with Crippen LogP contribution >= 0.6 is 15.9 Å². The normalized spacial score (nSPS) is 10.3. The summed E-state index contributed by atoms with van der Waals surface area (Å²) in [5.41, 5.74) is 0. The first-order valence-electron chi connectivity index (χ1n) is 4.46. The maximum absolute atomic E-state index is 5.39. The van der Waals surface area contributed by atoms with Crippen LogP contribution in [0.4, 0.5) is 0 Å². The molecule has 0 aliphatic heterocycles. The zero-order valence-electron chi connectivity index (χ0n) is 8.09. The maximum Gasteiger partial charge on any atom is 0.322 e. The number of ether oxygens (including phenoxy) is 1. The van der Waals surface area contributed by atoms with E-state index < -0.39 is 0 Å². The molecule has 2 heterocycles. The van der Waals surface area contributed by atoms with E-state index in [0.717, 1.165) is 11.0 Å². The van der Waals surface area contributed by atoms with Crippen molar-refractivity contribution >= 4 is 15.9 Å². The van der Waals surface area contributed by atoms with Crippen LogP contribution in [0.15, 0.2) is 29.3 Å². The molecule has 0 saturated heterocycles. The largest absolute Gasteiger partial charge is 0.421 e. The lowest BCUT2D eigenvalue weighted by Gasteiger charge is -1.98. The van der Waals surface area contributed by atoms with Crippen molar-refractivity contribution < 1.29 is 4.74 Å². The van der Waals surface area contributed by atoms with Gasteiger partial charge in [0, 0.05) is 18.9 Å². The second-order valence-electron chi connectivity index (χ2n) is 2.82. The summed E-state index contributed by atoms with van der Waals surface area (Å²) in [6.07, 6.45) is 6.69. The maximum atomic E-state index is 5.39. The first-order chi connectivity index (χ1) is 7.28. The van der Waals surface area contributed by atoms with E-state index in [2.05, 4.69) is 31.0 Å². The summed E-state index contributed by atoms with van der Waals surface area (Å²) in [6.45, 7) is 2.82. The van der Waals surface area contributed by atoms with Crippen molar-refractivity contribution in [2.45, 2.75) is 13.5 Å². The van der Waals surface area contributed by atoms with Gasteiger partial charge in [0.05, 0.1) is 16.9 Å². The highest BCUT2D eigenvalue weighted by Crippen LogP contribution is 2.16. The van der Waals surface area contributed by atoms with Crippen LogP contribution < -0.4 is 4.74 Å². The fourth-order valence-corrected chi connectivity index (χ4v) is 1.23. The molecule has 15 heavy (non-hydrogen) atoms. The lowest BCUT2D eigenvalue weighted by atomic mass is 10.6. The Hall–Kier alpha value is -1.43. The molecule has 0 N–H and O–H groups in total. The lowest BCUT2D eigenvalue weighted by molar-refractivity contribution is 0.440. The molecule has 5 nitrogen and oxygen atoms in total. The predicted octanol–water partition coefficient (Wildman–Crippen LogP) is 2.25. The van der Waals surface area contributed by atoms with Crippen molar-refractivity contribution in [3.05, 3.63) is 29.3 Å². The van der Waals surface area contributed by atoms with E-state index in [9.17, 15) is 0 Å². The molecule has 6 heteroatoms. The summed E-state index contributed by atoms with van der Waals surface area (Å²) in [5, 5.41) is 4.08. The van der Waals surface area contributed by atoms with E-state index in [1.54, 1.807) is 29.5 Å². The van der Waals surface area contributed by atoms with Gasteiger partial charge in [-0.15, -0.1) is 0 Å². The minimum absolute atomic E-state index is 0.314. The van der Waals surface area contributed by atoms with Crippen LogP contribution in [0.25, 0.3) is 0 Å². The molecule has 0 bridgehead atoms. The SMILES string of the molecule is CCn1cc(Oc2ncc(Br)cn2)cn1. The van der Waals surface area contributed by atoms with Crippen LogP contribution in [0, 0.1) is 0 Å². The Labute approximate surface area is 95.2 Å². The quantitative estimate of drug-likeness (QED) is 0.857. The highest BCUT2D eigenvalue weighted by Gasteiger charge is 2.02. The molecular weight excluding hydrogens is 260 g/mol. The zero-order valence-corrected chi connectivity index (χ0v) is 9.68. The average molecular weight is 269 g/mol. The minimum atomic E-state index is 0.314. The van der Waals surface area contributed by atoms with Gasteiger partial charge in [-0.3, -0.25) is 4.68 Å². The Morgan fingerprint density at radius 1 is 1.33 bits per heavy atom. The van der Waals surface area contributed by atoms with E-state index in [4.69, 9.17) is 4.74 Å². The van der Waals surface area contributed by atoms with Gasteiger partial charge in [-0.05, 0) is 22.9 Å². The van der Waals surface area contributed by atoms with Gasteiger partial charge in [0.1, 0.15) is 0 Å². The Bertz CT molecular complexity index is 440. The van der Waals surface area contributed by atoms with Crippen LogP contribution in [-0.4, -0.2) is 19.7 Å². The van der Waals surface area contributed by atoms with Crippen molar-refractivity contribution in [3.63, 3.8) is 0 Å². The molecule has 0 spiro atoms. The topological polar surface area (TPSA) is 52.8 Å². The molecule has 0 saturated carbocycles. The molecule has 0 aliphatic carbocycles. The van der Waals surface area contributed by atoms with E-state index in [1.807, 2.05) is 6.92 Å². The molecule has 2 aromatic rings. The highest BCUT2D eigenvalue weighted by molar-refractivity contribution is 9.10. The molecule has 0 aromatic carbocycles. The molecule has 0 unspecified atom stereocenters. The van der Waals surface area contributed by atoms with E-state index >= 15 is 0 Å². The van der Waals surface area contributed by atoms with Gasteiger partial charge >= 0.3 is 6.01 Å². The number of nitrogens with zero attached hydrogens (tertiary/aromatic N) is 4. The number of rotatable bonds is 3. The summed E-state index contributed by atoms with van der Waals surface area (Å²) < 4.78 is 7.98. The van der Waals surface area contributed by atoms with Gasteiger partial charge in [0.2, 0.25) is 0 Å². The number of aromatic nitrogens is 4. The van der Waals surface area contributed by atoms with Crippen LogP contribution in [0.2, 0.25) is 0 Å². The van der Waals surface area contributed by atoms with Crippen molar-refractivity contribution in [1.29, 1.82) is 0 Å². The van der Waals surface area contributed by atoms with Gasteiger partial charge in [0.15, 0.2) is 5.75 Å². The number of halogens is 1. The Morgan fingerprint density at radius 2 is 2.07 bits per heavy atom. The summed E-state index contributed by atoms with van der Waals surface area (Å²) in [4.78, 5) is 7.98. The Morgan fingerprint density at radius 3 is 2.67 bits per heavy atom. The third kappa shape index (κ3) is 2.53. The molecule has 0 atom stereocenters. The van der Waals surface area contributed by atoms with Crippen molar-refractivity contribution in [2.24, 2.45) is 0 Å². The van der Waals surface area contributed by atoms with Crippen molar-refractivity contribution in [1.82, 2.24) is 19.7 Å². The number of aryl methyl sites for hydroxylation is 1. The van der Waals surface area contributed by atoms with Crippen molar-refractivity contribution in [3.8, 4) is 11.8 Å². The van der Waals surface area contributed by atoms with E-state index in [0.29, 0.717) is 11.8 Å². The highest BCUT2D eigenvalue weighted by atomic mass is 79.9. The fourth-order valence-electron chi connectivity index (χ4n) is 1.03. The summed E-state index contributed by atoms with van der Waals surface area (Å²) in [6, 6.07) is 0.314. The first kappa shape index (κ1) is 10.1. The fraction of sp³-hybridized carbons (Fsp3) is 0.222. The molecule has 0 aliphatic rings. The predicted molar refractivity (Wildman–Crippen MR) is 57.7 cm³/mol. The molecule has 78 valence electrons. The smallest absolute Gasteiger partial charge is 0.322 e. The van der Waals surface area contributed by atoms with Gasteiger partial charge in [0.25, 0.3) is 0 Å². The lowest BCUT2D eigenvalue weighted by Crippen LogP contribution is -1.92. The van der Waals surface area contributed by atoms with Crippen LogP contribution in [-0.2, 0) is 6.54 Å². The van der Waals surface area contributed by atoms with Crippen LogP contribution in [0.3, 0.4) is 0 Å². The molecule has 2 aromatic heterocycles. The summed E-state index contributed by atoms with van der Waals surface area (Å²) >= 11 is 3.25.